The first kappa shape index (κ1) is 19.2. The van der Waals surface area contributed by atoms with Crippen LogP contribution in [0.3, 0.4) is 0 Å². The van der Waals surface area contributed by atoms with Crippen molar-refractivity contribution in [2.45, 2.75) is 6.54 Å². The number of hydrogen-bond donors (Lipinski definition) is 0. The maximum Gasteiger partial charge on any atom is 0.293 e. The largest absolute Gasteiger partial charge is 0.490 e. The zero-order valence-electron chi connectivity index (χ0n) is 14.2. The molecule has 1 fully saturated rings. The highest BCUT2D eigenvalue weighted by Gasteiger charge is 2.35. The molecule has 0 spiro atoms. The van der Waals surface area contributed by atoms with Crippen LogP contribution in [0.1, 0.15) is 11.1 Å². The summed E-state index contributed by atoms with van der Waals surface area (Å²) in [5.41, 5.74) is 0.827. The fourth-order valence-electron chi connectivity index (χ4n) is 2.48. The smallest absolute Gasteiger partial charge is 0.293 e. The second-order valence-corrected chi connectivity index (χ2v) is 7.04. The van der Waals surface area contributed by atoms with Crippen molar-refractivity contribution in [3.8, 4) is 5.75 Å². The Morgan fingerprint density at radius 1 is 1.22 bits per heavy atom. The molecule has 0 N–H and O–H groups in total. The third-order valence-corrected chi connectivity index (χ3v) is 5.04. The number of benzene rings is 2. The van der Waals surface area contributed by atoms with Crippen molar-refractivity contribution in [2.24, 2.45) is 0 Å². The number of halogens is 2. The van der Waals surface area contributed by atoms with Crippen LogP contribution in [0, 0.1) is 5.82 Å². The van der Waals surface area contributed by atoms with Gasteiger partial charge in [-0.15, -0.1) is 0 Å². The summed E-state index contributed by atoms with van der Waals surface area (Å²) in [5, 5.41) is -0.297. The molecular formula is C20H15ClFNO3S. The van der Waals surface area contributed by atoms with Gasteiger partial charge in [-0.1, -0.05) is 42.5 Å². The summed E-state index contributed by atoms with van der Waals surface area (Å²) in [6.07, 6.45) is 3.24. The molecule has 0 bridgehead atoms. The van der Waals surface area contributed by atoms with E-state index in [2.05, 4.69) is 6.58 Å². The minimum absolute atomic E-state index is 0.113. The van der Waals surface area contributed by atoms with Crippen LogP contribution in [0.15, 0.2) is 60.0 Å². The molecule has 1 aliphatic heterocycles. The summed E-state index contributed by atoms with van der Waals surface area (Å²) in [4.78, 5) is 26.1. The normalized spacial score (nSPS) is 15.5. The Balaban J connectivity index is 1.81. The summed E-state index contributed by atoms with van der Waals surface area (Å²) in [6.45, 7) is 3.74. The van der Waals surface area contributed by atoms with E-state index in [9.17, 15) is 14.0 Å². The number of imide groups is 1. The average molecular weight is 404 g/mol. The molecule has 7 heteroatoms. The molecular weight excluding hydrogens is 389 g/mol. The highest BCUT2D eigenvalue weighted by Crippen LogP contribution is 2.35. The van der Waals surface area contributed by atoms with E-state index < -0.39 is 17.0 Å². The minimum Gasteiger partial charge on any atom is -0.490 e. The Labute approximate surface area is 165 Å². The molecule has 0 atom stereocenters. The SMILES string of the molecule is C=CCOc1cccc(/C=C2/SC(=O)N(Cc3c(F)cccc3Cl)C2=O)c1. The standard InChI is InChI=1S/C20H15ClFNO3S/c1-2-9-26-14-6-3-5-13(10-14)11-18-19(24)23(20(25)27-18)12-15-16(21)7-4-8-17(15)22/h2-8,10-11H,1,9,12H2/b18-11+. The molecule has 0 aliphatic carbocycles. The molecule has 27 heavy (non-hydrogen) atoms. The van der Waals surface area contributed by atoms with Crippen molar-refractivity contribution >= 4 is 40.6 Å². The maximum atomic E-state index is 14.0. The van der Waals surface area contributed by atoms with Gasteiger partial charge in [0, 0.05) is 10.6 Å². The van der Waals surface area contributed by atoms with Crippen LogP contribution in [0.2, 0.25) is 5.02 Å². The van der Waals surface area contributed by atoms with Crippen LogP contribution in [0.4, 0.5) is 9.18 Å². The van der Waals surface area contributed by atoms with Crippen molar-refractivity contribution in [3.63, 3.8) is 0 Å². The highest BCUT2D eigenvalue weighted by molar-refractivity contribution is 8.18. The highest BCUT2D eigenvalue weighted by atomic mass is 35.5. The predicted octanol–water partition coefficient (Wildman–Crippen LogP) is 5.28. The number of thioether (sulfide) groups is 1. The van der Waals surface area contributed by atoms with Gasteiger partial charge in [-0.2, -0.15) is 0 Å². The average Bonchev–Trinajstić information content (AvgIpc) is 2.90. The van der Waals surface area contributed by atoms with Gasteiger partial charge in [-0.05, 0) is 47.7 Å². The predicted molar refractivity (Wildman–Crippen MR) is 105 cm³/mol. The summed E-state index contributed by atoms with van der Waals surface area (Å²) >= 11 is 6.80. The summed E-state index contributed by atoms with van der Waals surface area (Å²) in [5.74, 6) is -0.416. The molecule has 1 aliphatic rings. The maximum absolute atomic E-state index is 14.0. The zero-order valence-corrected chi connectivity index (χ0v) is 15.7. The van der Waals surface area contributed by atoms with Crippen LogP contribution in [0.5, 0.6) is 5.75 Å². The van der Waals surface area contributed by atoms with E-state index in [0.29, 0.717) is 17.9 Å². The summed E-state index contributed by atoms with van der Waals surface area (Å²) < 4.78 is 19.4. The van der Waals surface area contributed by atoms with Gasteiger partial charge in [-0.25, -0.2) is 4.39 Å². The fraction of sp³-hybridized carbons (Fsp3) is 0.100. The molecule has 2 amide bonds. The number of amides is 2. The van der Waals surface area contributed by atoms with Crippen molar-refractivity contribution < 1.29 is 18.7 Å². The number of ether oxygens (including phenoxy) is 1. The van der Waals surface area contributed by atoms with E-state index in [1.54, 1.807) is 36.4 Å². The van der Waals surface area contributed by atoms with Crippen LogP contribution in [-0.2, 0) is 11.3 Å². The van der Waals surface area contributed by atoms with E-state index in [0.717, 1.165) is 16.7 Å². The second kappa shape index (κ2) is 8.41. The van der Waals surface area contributed by atoms with Gasteiger partial charge < -0.3 is 4.74 Å². The lowest BCUT2D eigenvalue weighted by Gasteiger charge is -2.14. The van der Waals surface area contributed by atoms with Crippen molar-refractivity contribution in [1.29, 1.82) is 0 Å². The lowest BCUT2D eigenvalue weighted by molar-refractivity contribution is -0.123. The number of carbonyl (C=O) groups excluding carboxylic acids is 2. The van der Waals surface area contributed by atoms with Gasteiger partial charge in [0.05, 0.1) is 11.4 Å². The number of hydrogen-bond acceptors (Lipinski definition) is 4. The molecule has 3 rings (SSSR count). The Morgan fingerprint density at radius 2 is 2.00 bits per heavy atom. The van der Waals surface area contributed by atoms with Gasteiger partial charge in [0.25, 0.3) is 11.1 Å². The Kier molecular flexibility index (Phi) is 5.98. The molecule has 0 unspecified atom stereocenters. The molecule has 138 valence electrons. The number of nitrogens with zero attached hydrogens (tertiary/aromatic N) is 1. The Morgan fingerprint density at radius 3 is 2.74 bits per heavy atom. The third kappa shape index (κ3) is 4.40. The van der Waals surface area contributed by atoms with Gasteiger partial charge in [0.1, 0.15) is 18.2 Å². The molecule has 4 nitrogen and oxygen atoms in total. The Hall–Kier alpha value is -2.57. The molecule has 1 saturated heterocycles. The van der Waals surface area contributed by atoms with E-state index in [1.807, 2.05) is 0 Å². The van der Waals surface area contributed by atoms with E-state index in [-0.39, 0.29) is 22.0 Å². The van der Waals surface area contributed by atoms with Crippen LogP contribution in [0.25, 0.3) is 6.08 Å². The van der Waals surface area contributed by atoms with Crippen LogP contribution < -0.4 is 4.74 Å². The van der Waals surface area contributed by atoms with Gasteiger partial charge in [-0.3, -0.25) is 14.5 Å². The van der Waals surface area contributed by atoms with Gasteiger partial charge in [0.2, 0.25) is 0 Å². The number of carbonyl (C=O) groups is 2. The zero-order chi connectivity index (χ0) is 19.4. The summed E-state index contributed by atoms with van der Waals surface area (Å²) in [7, 11) is 0. The molecule has 0 aromatic heterocycles. The molecule has 2 aromatic carbocycles. The van der Waals surface area contributed by atoms with Gasteiger partial charge in [0.15, 0.2) is 0 Å². The molecule has 0 saturated carbocycles. The first-order valence-corrected chi connectivity index (χ1v) is 9.21. The summed E-state index contributed by atoms with van der Waals surface area (Å²) in [6, 6.07) is 11.3. The topological polar surface area (TPSA) is 46.6 Å². The first-order valence-electron chi connectivity index (χ1n) is 8.01. The number of rotatable bonds is 6. The Bertz CT molecular complexity index is 924. The van der Waals surface area contributed by atoms with E-state index in [4.69, 9.17) is 16.3 Å². The van der Waals surface area contributed by atoms with Crippen molar-refractivity contribution in [2.75, 3.05) is 6.61 Å². The fourth-order valence-corrected chi connectivity index (χ4v) is 3.54. The van der Waals surface area contributed by atoms with Crippen molar-refractivity contribution in [1.82, 2.24) is 4.90 Å². The van der Waals surface area contributed by atoms with Crippen LogP contribution >= 0.6 is 23.4 Å². The quantitative estimate of drug-likeness (QED) is 0.486. The molecule has 1 heterocycles. The first-order chi connectivity index (χ1) is 13.0. The van der Waals surface area contributed by atoms with E-state index in [1.165, 1.54) is 18.2 Å². The van der Waals surface area contributed by atoms with Gasteiger partial charge >= 0.3 is 0 Å². The monoisotopic (exact) mass is 403 g/mol. The molecule has 2 aromatic rings. The third-order valence-electron chi connectivity index (χ3n) is 3.78. The second-order valence-electron chi connectivity index (χ2n) is 5.64. The van der Waals surface area contributed by atoms with E-state index >= 15 is 0 Å². The lowest BCUT2D eigenvalue weighted by Crippen LogP contribution is -2.28. The minimum atomic E-state index is -0.558. The van der Waals surface area contributed by atoms with Crippen molar-refractivity contribution in [3.05, 3.63) is 82.0 Å². The lowest BCUT2D eigenvalue weighted by atomic mass is 10.2. The van der Waals surface area contributed by atoms with Crippen LogP contribution in [-0.4, -0.2) is 22.7 Å². The molecule has 0 radical (unpaired) electrons.